The summed E-state index contributed by atoms with van der Waals surface area (Å²) in [5, 5.41) is 3.07. The Labute approximate surface area is 158 Å². The van der Waals surface area contributed by atoms with E-state index in [0.29, 0.717) is 0 Å². The highest BCUT2D eigenvalue weighted by Crippen LogP contribution is 2.46. The van der Waals surface area contributed by atoms with Gasteiger partial charge >= 0.3 is 0 Å². The molecule has 1 aliphatic rings. The lowest BCUT2D eigenvalue weighted by atomic mass is 9.62. The summed E-state index contributed by atoms with van der Waals surface area (Å²) in [6, 6.07) is 5.70. The minimum Gasteiger partial charge on any atom is -0.411 e. The third-order valence-corrected chi connectivity index (χ3v) is 6.73. The molecule has 1 aromatic rings. The van der Waals surface area contributed by atoms with E-state index in [-0.39, 0.29) is 29.2 Å². The second-order valence-corrected chi connectivity index (χ2v) is 10.7. The molecule has 1 unspecified atom stereocenters. The Hall–Kier alpha value is -1.11. The van der Waals surface area contributed by atoms with E-state index in [1.165, 1.54) is 0 Å². The number of carbonyl (C=O) groups excluding carboxylic acids is 1. The van der Waals surface area contributed by atoms with E-state index in [1.54, 1.807) is 6.20 Å². The van der Waals surface area contributed by atoms with Crippen LogP contribution in [0.25, 0.3) is 0 Å². The topological polar surface area (TPSA) is 51.2 Å². The number of aromatic nitrogens is 1. The predicted molar refractivity (Wildman–Crippen MR) is 107 cm³/mol. The largest absolute Gasteiger partial charge is 0.411 e. The maximum absolute atomic E-state index is 12.5. The second kappa shape index (κ2) is 7.25. The van der Waals surface area contributed by atoms with Crippen molar-refractivity contribution in [1.29, 1.82) is 0 Å². The van der Waals surface area contributed by atoms with Crippen molar-refractivity contribution in [3.8, 4) is 0 Å². The van der Waals surface area contributed by atoms with Gasteiger partial charge in [0.15, 0.2) is 0 Å². The monoisotopic (exact) mass is 377 g/mol. The summed E-state index contributed by atoms with van der Waals surface area (Å²) in [6.45, 7) is 14.8. The van der Waals surface area contributed by atoms with Gasteiger partial charge in [0.25, 0.3) is 0 Å². The van der Waals surface area contributed by atoms with Crippen LogP contribution in [-0.4, -0.2) is 36.4 Å². The number of thiocarbonyl (C=S) groups is 1. The summed E-state index contributed by atoms with van der Waals surface area (Å²) in [6.07, 6.45) is 1.75. The van der Waals surface area contributed by atoms with E-state index >= 15 is 0 Å². The molecule has 2 heterocycles. The number of amides is 1. The van der Waals surface area contributed by atoms with Crippen LogP contribution in [0.1, 0.15) is 40.3 Å². The predicted octanol–water partition coefficient (Wildman–Crippen LogP) is 3.62. The Balaban J connectivity index is 2.30. The highest BCUT2D eigenvalue weighted by Gasteiger charge is 2.58. The van der Waals surface area contributed by atoms with Gasteiger partial charge in [0.2, 0.25) is 14.9 Å². The van der Waals surface area contributed by atoms with E-state index in [9.17, 15) is 4.79 Å². The fraction of sp³-hybridized carbons (Fsp3) is 0.632. The van der Waals surface area contributed by atoms with Crippen LogP contribution >= 0.6 is 12.2 Å². The third-order valence-electron chi connectivity index (χ3n) is 5.32. The minimum atomic E-state index is -0.963. The summed E-state index contributed by atoms with van der Waals surface area (Å²) >= 11 is 5.67. The van der Waals surface area contributed by atoms with Crippen molar-refractivity contribution in [3.63, 3.8) is 0 Å². The Bertz CT molecular complexity index is 645. The molecule has 1 aromatic heterocycles. The molecule has 1 N–H and O–H groups in total. The molecule has 0 aromatic carbocycles. The van der Waals surface area contributed by atoms with Crippen LogP contribution in [0.2, 0.25) is 13.1 Å². The number of hydrogen-bond donors (Lipinski definition) is 1. The molecule has 4 atom stereocenters. The molecule has 137 valence electrons. The average molecular weight is 378 g/mol. The standard InChI is InChI=1S/C19H29N2O2SSi/c1-12(16(24)13-10-8-9-11-20-13)15-14(17(22)21-15)19(5,18(2,3)4)23-25(6)7/h8-12,14-15H,1-7H3,(H,21,22)/t12?,14-,15-,19-/m1/s1. The van der Waals surface area contributed by atoms with Gasteiger partial charge in [-0.1, -0.05) is 46.0 Å². The van der Waals surface area contributed by atoms with Gasteiger partial charge in [-0.2, -0.15) is 0 Å². The van der Waals surface area contributed by atoms with Gasteiger partial charge in [0.1, 0.15) is 0 Å². The van der Waals surface area contributed by atoms with E-state index in [1.807, 2.05) is 18.2 Å². The SMILES string of the molecule is CC(C(=S)c1ccccn1)[C@H]1NC(=O)[C@@H]1[C@@](C)(O[Si](C)C)C(C)(C)C. The molecule has 1 radical (unpaired) electrons. The number of β-lactam (4-membered cyclic amide) rings is 1. The summed E-state index contributed by atoms with van der Waals surface area (Å²) in [7, 11) is -0.963. The van der Waals surface area contributed by atoms with Crippen LogP contribution in [0.3, 0.4) is 0 Å². The van der Waals surface area contributed by atoms with Crippen LogP contribution in [0.15, 0.2) is 24.4 Å². The molecule has 2 rings (SSSR count). The van der Waals surface area contributed by atoms with Crippen molar-refractivity contribution in [2.75, 3.05) is 0 Å². The van der Waals surface area contributed by atoms with Crippen molar-refractivity contribution in [2.24, 2.45) is 17.3 Å². The van der Waals surface area contributed by atoms with Gasteiger partial charge in [0.05, 0.1) is 23.3 Å². The third kappa shape index (κ3) is 3.86. The first-order valence-electron chi connectivity index (χ1n) is 8.74. The van der Waals surface area contributed by atoms with Crippen molar-refractivity contribution in [1.82, 2.24) is 10.3 Å². The van der Waals surface area contributed by atoms with E-state index in [4.69, 9.17) is 16.6 Å². The lowest BCUT2D eigenvalue weighted by Gasteiger charge is -2.55. The smallest absolute Gasteiger partial charge is 0.228 e. The number of nitrogens with one attached hydrogen (secondary N) is 1. The first-order chi connectivity index (χ1) is 11.5. The molecular weight excluding hydrogens is 348 g/mol. The second-order valence-electron chi connectivity index (χ2n) is 8.25. The molecule has 25 heavy (non-hydrogen) atoms. The molecule has 0 aliphatic carbocycles. The molecule has 0 spiro atoms. The van der Waals surface area contributed by atoms with Gasteiger partial charge in [-0.05, 0) is 37.6 Å². The molecular formula is C19H29N2O2SSi. The minimum absolute atomic E-state index is 0.0160. The molecule has 1 fully saturated rings. The van der Waals surface area contributed by atoms with Crippen LogP contribution in [0, 0.1) is 17.3 Å². The number of rotatable bonds is 6. The highest BCUT2D eigenvalue weighted by atomic mass is 32.1. The van der Waals surface area contributed by atoms with Crippen LogP contribution in [0.5, 0.6) is 0 Å². The summed E-state index contributed by atoms with van der Waals surface area (Å²) in [5.41, 5.74) is 0.104. The van der Waals surface area contributed by atoms with Gasteiger partial charge in [-0.15, -0.1) is 0 Å². The Kier molecular flexibility index (Phi) is 5.86. The fourth-order valence-corrected chi connectivity index (χ4v) is 4.97. The normalized spacial score (nSPS) is 24.2. The zero-order valence-electron chi connectivity index (χ0n) is 16.2. The quantitative estimate of drug-likeness (QED) is 0.356. The van der Waals surface area contributed by atoms with Gasteiger partial charge < -0.3 is 9.74 Å². The maximum Gasteiger partial charge on any atom is 0.228 e. The van der Waals surface area contributed by atoms with Gasteiger partial charge in [-0.3, -0.25) is 9.78 Å². The first kappa shape index (κ1) is 20.2. The fourth-order valence-electron chi connectivity index (χ4n) is 3.42. The number of hydrogen-bond acceptors (Lipinski definition) is 4. The number of carbonyl (C=O) groups is 1. The summed E-state index contributed by atoms with van der Waals surface area (Å²) in [5.74, 6) is -0.146. The Morgan fingerprint density at radius 3 is 2.40 bits per heavy atom. The summed E-state index contributed by atoms with van der Waals surface area (Å²) in [4.78, 5) is 17.7. The van der Waals surface area contributed by atoms with E-state index < -0.39 is 14.6 Å². The summed E-state index contributed by atoms with van der Waals surface area (Å²) < 4.78 is 6.42. The van der Waals surface area contributed by atoms with Crippen molar-refractivity contribution >= 4 is 32.0 Å². The van der Waals surface area contributed by atoms with Gasteiger partial charge in [-0.25, -0.2) is 0 Å². The lowest BCUT2D eigenvalue weighted by Crippen LogP contribution is -2.72. The Morgan fingerprint density at radius 1 is 1.32 bits per heavy atom. The average Bonchev–Trinajstić information content (AvgIpc) is 2.50. The molecule has 6 heteroatoms. The van der Waals surface area contributed by atoms with Crippen molar-refractivity contribution in [3.05, 3.63) is 30.1 Å². The molecule has 0 bridgehead atoms. The van der Waals surface area contributed by atoms with Crippen LogP contribution < -0.4 is 5.32 Å². The van der Waals surface area contributed by atoms with E-state index in [0.717, 1.165) is 10.6 Å². The Morgan fingerprint density at radius 2 is 1.96 bits per heavy atom. The molecule has 0 saturated carbocycles. The van der Waals surface area contributed by atoms with Crippen LogP contribution in [0.4, 0.5) is 0 Å². The van der Waals surface area contributed by atoms with Crippen molar-refractivity contribution < 1.29 is 9.22 Å². The lowest BCUT2D eigenvalue weighted by molar-refractivity contribution is -0.160. The molecule has 4 nitrogen and oxygen atoms in total. The number of nitrogens with zero attached hydrogens (tertiary/aromatic N) is 1. The first-order valence-corrected chi connectivity index (χ1v) is 11.6. The molecule has 1 saturated heterocycles. The van der Waals surface area contributed by atoms with Crippen molar-refractivity contribution in [2.45, 2.75) is 59.4 Å². The molecule has 1 aliphatic heterocycles. The maximum atomic E-state index is 12.5. The zero-order chi connectivity index (χ0) is 19.0. The zero-order valence-corrected chi connectivity index (χ0v) is 18.0. The van der Waals surface area contributed by atoms with Gasteiger partial charge in [0, 0.05) is 17.0 Å². The van der Waals surface area contributed by atoms with Crippen LogP contribution in [-0.2, 0) is 9.22 Å². The highest BCUT2D eigenvalue weighted by molar-refractivity contribution is 7.80. The number of pyridine rings is 1. The van der Waals surface area contributed by atoms with E-state index in [2.05, 4.69) is 58.0 Å². The molecule has 1 amide bonds.